The number of aromatic nitrogens is 1. The summed E-state index contributed by atoms with van der Waals surface area (Å²) in [5.41, 5.74) is 4.03. The third kappa shape index (κ3) is 4.44. The van der Waals surface area contributed by atoms with Gasteiger partial charge >= 0.3 is 0 Å². The Labute approximate surface area is 165 Å². The quantitative estimate of drug-likeness (QED) is 0.528. The number of hydrogen-bond acceptors (Lipinski definition) is 2. The average Bonchev–Trinajstić information content (AvgIpc) is 2.74. The van der Waals surface area contributed by atoms with Gasteiger partial charge in [-0.05, 0) is 23.3 Å². The van der Waals surface area contributed by atoms with Crippen molar-refractivity contribution >= 4 is 16.8 Å². The van der Waals surface area contributed by atoms with E-state index < -0.39 is 0 Å². The number of hydrogen-bond donors (Lipinski definition) is 1. The van der Waals surface area contributed by atoms with Gasteiger partial charge in [0.15, 0.2) is 0 Å². The highest BCUT2D eigenvalue weighted by molar-refractivity contribution is 5.79. The highest BCUT2D eigenvalue weighted by atomic mass is 16.1. The molecule has 28 heavy (non-hydrogen) atoms. The van der Waals surface area contributed by atoms with Crippen LogP contribution in [0.1, 0.15) is 22.9 Å². The van der Waals surface area contributed by atoms with E-state index in [-0.39, 0.29) is 11.9 Å². The van der Waals surface area contributed by atoms with Crippen LogP contribution in [0.15, 0.2) is 97.1 Å². The SMILES string of the molecule is O=C(Cc1ccccc1)NC(Cc1ccc2ccccc2n1)c1ccccc1. The van der Waals surface area contributed by atoms with Crippen molar-refractivity contribution in [3.05, 3.63) is 114 Å². The molecule has 4 rings (SSSR count). The molecule has 1 unspecified atom stereocenters. The van der Waals surface area contributed by atoms with Gasteiger partial charge in [-0.15, -0.1) is 0 Å². The Morgan fingerprint density at radius 3 is 2.25 bits per heavy atom. The fourth-order valence-corrected chi connectivity index (χ4v) is 3.40. The number of pyridine rings is 1. The summed E-state index contributed by atoms with van der Waals surface area (Å²) >= 11 is 0. The molecule has 0 aliphatic heterocycles. The third-order valence-corrected chi connectivity index (χ3v) is 4.81. The van der Waals surface area contributed by atoms with Crippen molar-refractivity contribution in [2.45, 2.75) is 18.9 Å². The van der Waals surface area contributed by atoms with Crippen LogP contribution in [-0.2, 0) is 17.6 Å². The lowest BCUT2D eigenvalue weighted by Crippen LogP contribution is -2.31. The lowest BCUT2D eigenvalue weighted by molar-refractivity contribution is -0.121. The Hall–Kier alpha value is -3.46. The molecule has 0 saturated heterocycles. The molecule has 0 radical (unpaired) electrons. The Balaban J connectivity index is 1.55. The molecular formula is C25H22N2O. The first-order valence-electron chi connectivity index (χ1n) is 9.51. The number of carbonyl (C=O) groups excluding carboxylic acids is 1. The van der Waals surface area contributed by atoms with Gasteiger partial charge in [0.2, 0.25) is 5.91 Å². The van der Waals surface area contributed by atoms with Crippen LogP contribution < -0.4 is 5.32 Å². The van der Waals surface area contributed by atoms with Crippen LogP contribution in [0, 0.1) is 0 Å². The van der Waals surface area contributed by atoms with Crippen molar-refractivity contribution in [1.82, 2.24) is 10.3 Å². The van der Waals surface area contributed by atoms with Gasteiger partial charge < -0.3 is 5.32 Å². The monoisotopic (exact) mass is 366 g/mol. The number of fused-ring (bicyclic) bond motifs is 1. The van der Waals surface area contributed by atoms with Gasteiger partial charge in [-0.25, -0.2) is 0 Å². The predicted molar refractivity (Wildman–Crippen MR) is 113 cm³/mol. The second-order valence-electron chi connectivity index (χ2n) is 6.89. The molecule has 1 atom stereocenters. The van der Waals surface area contributed by atoms with Crippen molar-refractivity contribution in [3.63, 3.8) is 0 Å². The summed E-state index contributed by atoms with van der Waals surface area (Å²) in [4.78, 5) is 17.4. The molecule has 0 spiro atoms. The Bertz CT molecular complexity index is 1060. The summed E-state index contributed by atoms with van der Waals surface area (Å²) in [7, 11) is 0. The number of rotatable bonds is 6. The first-order chi connectivity index (χ1) is 13.8. The second-order valence-corrected chi connectivity index (χ2v) is 6.89. The molecular weight excluding hydrogens is 344 g/mol. The highest BCUT2D eigenvalue weighted by Crippen LogP contribution is 2.20. The minimum absolute atomic E-state index is 0.0147. The molecule has 3 aromatic carbocycles. The topological polar surface area (TPSA) is 42.0 Å². The van der Waals surface area contributed by atoms with Gasteiger partial charge in [-0.2, -0.15) is 0 Å². The Morgan fingerprint density at radius 1 is 0.786 bits per heavy atom. The predicted octanol–water partition coefficient (Wildman–Crippen LogP) is 4.88. The molecule has 0 bridgehead atoms. The molecule has 0 aliphatic carbocycles. The van der Waals surface area contributed by atoms with Crippen LogP contribution >= 0.6 is 0 Å². The van der Waals surface area contributed by atoms with E-state index in [1.54, 1.807) is 0 Å². The van der Waals surface area contributed by atoms with Gasteiger partial charge in [-0.1, -0.05) is 84.9 Å². The van der Waals surface area contributed by atoms with E-state index in [9.17, 15) is 4.79 Å². The van der Waals surface area contributed by atoms with Crippen LogP contribution in [0.3, 0.4) is 0 Å². The van der Waals surface area contributed by atoms with E-state index in [0.717, 1.165) is 27.7 Å². The third-order valence-electron chi connectivity index (χ3n) is 4.81. The molecule has 3 heteroatoms. The minimum Gasteiger partial charge on any atom is -0.349 e. The van der Waals surface area contributed by atoms with Crippen molar-refractivity contribution in [2.24, 2.45) is 0 Å². The maximum absolute atomic E-state index is 12.7. The summed E-state index contributed by atoms with van der Waals surface area (Å²) in [6.07, 6.45) is 1.02. The van der Waals surface area contributed by atoms with Gasteiger partial charge in [0.25, 0.3) is 0 Å². The van der Waals surface area contributed by atoms with Crippen molar-refractivity contribution < 1.29 is 4.79 Å². The summed E-state index contributed by atoms with van der Waals surface area (Å²) < 4.78 is 0. The minimum atomic E-state index is -0.119. The van der Waals surface area contributed by atoms with Gasteiger partial charge in [0.05, 0.1) is 18.0 Å². The van der Waals surface area contributed by atoms with E-state index >= 15 is 0 Å². The number of amides is 1. The standard InChI is InChI=1S/C25H22N2O/c28-25(17-19-9-3-1-4-10-19)27-24(20-11-5-2-6-12-20)18-22-16-15-21-13-7-8-14-23(21)26-22/h1-16,24H,17-18H2,(H,27,28). The lowest BCUT2D eigenvalue weighted by atomic mass is 10.0. The summed E-state index contributed by atoms with van der Waals surface area (Å²) in [6.45, 7) is 0. The van der Waals surface area contributed by atoms with Crippen molar-refractivity contribution in [2.75, 3.05) is 0 Å². The second kappa shape index (κ2) is 8.49. The Morgan fingerprint density at radius 2 is 1.46 bits per heavy atom. The van der Waals surface area contributed by atoms with E-state index in [0.29, 0.717) is 12.8 Å². The molecule has 1 N–H and O–H groups in total. The molecule has 1 heterocycles. The van der Waals surface area contributed by atoms with Crippen LogP contribution in [0.4, 0.5) is 0 Å². The zero-order valence-electron chi connectivity index (χ0n) is 15.6. The number of para-hydroxylation sites is 1. The molecule has 0 saturated carbocycles. The van der Waals surface area contributed by atoms with Crippen LogP contribution in [0.5, 0.6) is 0 Å². The zero-order chi connectivity index (χ0) is 19.2. The van der Waals surface area contributed by atoms with Crippen molar-refractivity contribution in [1.29, 1.82) is 0 Å². The number of nitrogens with zero attached hydrogens (tertiary/aromatic N) is 1. The lowest BCUT2D eigenvalue weighted by Gasteiger charge is -2.19. The maximum atomic E-state index is 12.7. The van der Waals surface area contributed by atoms with Crippen LogP contribution in [-0.4, -0.2) is 10.9 Å². The van der Waals surface area contributed by atoms with Gasteiger partial charge in [-0.3, -0.25) is 9.78 Å². The molecule has 0 aliphatic rings. The fraction of sp³-hybridized carbons (Fsp3) is 0.120. The largest absolute Gasteiger partial charge is 0.349 e. The van der Waals surface area contributed by atoms with Crippen molar-refractivity contribution in [3.8, 4) is 0 Å². The summed E-state index contributed by atoms with van der Waals surface area (Å²) in [5, 5.41) is 4.32. The van der Waals surface area contributed by atoms with E-state index in [1.807, 2.05) is 72.8 Å². The smallest absolute Gasteiger partial charge is 0.224 e. The highest BCUT2D eigenvalue weighted by Gasteiger charge is 2.16. The zero-order valence-corrected chi connectivity index (χ0v) is 15.6. The average molecular weight is 366 g/mol. The van der Waals surface area contributed by atoms with Crippen LogP contribution in [0.25, 0.3) is 10.9 Å². The molecule has 1 amide bonds. The van der Waals surface area contributed by atoms with E-state index in [2.05, 4.69) is 29.6 Å². The van der Waals surface area contributed by atoms with E-state index in [1.165, 1.54) is 0 Å². The molecule has 3 nitrogen and oxygen atoms in total. The molecule has 0 fully saturated rings. The first kappa shape index (κ1) is 17.9. The number of nitrogens with one attached hydrogen (secondary N) is 1. The molecule has 4 aromatic rings. The molecule has 138 valence electrons. The molecule has 1 aromatic heterocycles. The van der Waals surface area contributed by atoms with E-state index in [4.69, 9.17) is 4.98 Å². The van der Waals surface area contributed by atoms with Gasteiger partial charge in [0.1, 0.15) is 0 Å². The van der Waals surface area contributed by atoms with Crippen LogP contribution in [0.2, 0.25) is 0 Å². The first-order valence-corrected chi connectivity index (χ1v) is 9.51. The number of benzene rings is 3. The summed E-state index contributed by atoms with van der Waals surface area (Å²) in [5.74, 6) is 0.0147. The maximum Gasteiger partial charge on any atom is 0.224 e. The fourth-order valence-electron chi connectivity index (χ4n) is 3.40. The summed E-state index contributed by atoms with van der Waals surface area (Å²) in [6, 6.07) is 32.0. The van der Waals surface area contributed by atoms with Gasteiger partial charge in [0, 0.05) is 17.5 Å². The Kier molecular flexibility index (Phi) is 5.43. The number of carbonyl (C=O) groups is 1. The normalized spacial score (nSPS) is 11.9.